The van der Waals surface area contributed by atoms with Gasteiger partial charge in [0.25, 0.3) is 5.91 Å². The summed E-state index contributed by atoms with van der Waals surface area (Å²) >= 11 is 12.3. The van der Waals surface area contributed by atoms with Gasteiger partial charge in [-0.15, -0.1) is 0 Å². The maximum absolute atomic E-state index is 14.2. The van der Waals surface area contributed by atoms with Crippen molar-refractivity contribution < 1.29 is 35.9 Å². The van der Waals surface area contributed by atoms with Crippen molar-refractivity contribution in [3.05, 3.63) is 68.7 Å². The van der Waals surface area contributed by atoms with Crippen molar-refractivity contribution in [1.29, 1.82) is 0 Å². The minimum absolute atomic E-state index is 0.200. The predicted octanol–water partition coefficient (Wildman–Crippen LogP) is 6.10. The van der Waals surface area contributed by atoms with E-state index in [0.29, 0.717) is 33.9 Å². The van der Waals surface area contributed by atoms with Crippen LogP contribution in [0.5, 0.6) is 0 Å². The van der Waals surface area contributed by atoms with Gasteiger partial charge in [-0.2, -0.15) is 13.2 Å². The zero-order valence-electron chi connectivity index (χ0n) is 23.0. The molecule has 226 valence electrons. The van der Waals surface area contributed by atoms with Gasteiger partial charge in [0.1, 0.15) is 5.60 Å². The molecule has 14 heteroatoms. The number of amides is 2. The first-order valence-corrected chi connectivity index (χ1v) is 15.2. The van der Waals surface area contributed by atoms with Crippen molar-refractivity contribution in [2.45, 2.75) is 65.0 Å². The van der Waals surface area contributed by atoms with Crippen molar-refractivity contribution >= 4 is 45.2 Å². The third-order valence-corrected chi connectivity index (χ3v) is 8.53. The molecular formula is C27H32Cl2F3N3O5S. The second-order valence-corrected chi connectivity index (χ2v) is 13.7. The Bertz CT molecular complexity index is 1400. The van der Waals surface area contributed by atoms with Crippen LogP contribution >= 0.6 is 23.2 Å². The molecule has 1 aliphatic heterocycles. The number of halogens is 5. The van der Waals surface area contributed by atoms with E-state index >= 15 is 0 Å². The fraction of sp³-hybridized carbons (Fsp3) is 0.481. The molecule has 1 unspecified atom stereocenters. The van der Waals surface area contributed by atoms with Crippen molar-refractivity contribution in [1.82, 2.24) is 14.5 Å². The van der Waals surface area contributed by atoms with Gasteiger partial charge in [0.05, 0.1) is 17.9 Å². The normalized spacial score (nSPS) is 16.5. The van der Waals surface area contributed by atoms with Gasteiger partial charge in [-0.25, -0.2) is 17.5 Å². The maximum atomic E-state index is 14.2. The van der Waals surface area contributed by atoms with E-state index in [1.807, 2.05) is 0 Å². The van der Waals surface area contributed by atoms with Gasteiger partial charge in [-0.05, 0) is 69.5 Å². The summed E-state index contributed by atoms with van der Waals surface area (Å²) in [6.07, 6.45) is -5.02. The highest BCUT2D eigenvalue weighted by Gasteiger charge is 2.38. The maximum Gasteiger partial charge on any atom is 0.416 e. The lowest BCUT2D eigenvalue weighted by atomic mass is 10.0. The number of ether oxygens (including phenoxy) is 1. The van der Waals surface area contributed by atoms with E-state index in [2.05, 4.69) is 5.32 Å². The highest BCUT2D eigenvalue weighted by molar-refractivity contribution is 7.89. The number of alkyl carbamates (subject to hydrolysis) is 1. The number of benzene rings is 2. The zero-order chi connectivity index (χ0) is 30.8. The minimum atomic E-state index is -4.88. The van der Waals surface area contributed by atoms with Crippen LogP contribution in [0.25, 0.3) is 0 Å². The molecule has 0 radical (unpaired) electrons. The number of hydrogen-bond donors (Lipinski definition) is 1. The van der Waals surface area contributed by atoms with Crippen LogP contribution in [0.4, 0.5) is 18.0 Å². The van der Waals surface area contributed by atoms with Crippen LogP contribution in [0.1, 0.15) is 61.2 Å². The average molecular weight is 639 g/mol. The molecule has 41 heavy (non-hydrogen) atoms. The van der Waals surface area contributed by atoms with E-state index < -0.39 is 57.2 Å². The highest BCUT2D eigenvalue weighted by atomic mass is 35.5. The second-order valence-electron chi connectivity index (χ2n) is 10.7. The number of alkyl halides is 3. The lowest BCUT2D eigenvalue weighted by molar-refractivity contribution is -0.138. The van der Waals surface area contributed by atoms with Crippen molar-refractivity contribution in [3.8, 4) is 0 Å². The number of nitrogens with one attached hydrogen (secondary N) is 1. The largest absolute Gasteiger partial charge is 0.444 e. The molecule has 1 aliphatic rings. The van der Waals surface area contributed by atoms with Gasteiger partial charge < -0.3 is 10.1 Å². The Kier molecular flexibility index (Phi) is 10.3. The van der Waals surface area contributed by atoms with Crippen LogP contribution in [0.2, 0.25) is 10.0 Å². The van der Waals surface area contributed by atoms with Gasteiger partial charge in [0.2, 0.25) is 10.0 Å². The lowest BCUT2D eigenvalue weighted by Crippen LogP contribution is -2.40. The fourth-order valence-electron chi connectivity index (χ4n) is 4.36. The molecule has 2 aromatic carbocycles. The fourth-order valence-corrected chi connectivity index (χ4v) is 5.87. The number of likely N-dealkylation sites (tertiary alicyclic amines) is 1. The van der Waals surface area contributed by atoms with Gasteiger partial charge in [0.15, 0.2) is 0 Å². The lowest BCUT2D eigenvalue weighted by Gasteiger charge is -2.25. The summed E-state index contributed by atoms with van der Waals surface area (Å²) in [7, 11) is -4.17. The van der Waals surface area contributed by atoms with E-state index in [9.17, 15) is 31.2 Å². The molecule has 0 aromatic heterocycles. The number of nitrogens with zero attached hydrogens (tertiary/aromatic N) is 2. The summed E-state index contributed by atoms with van der Waals surface area (Å²) in [4.78, 5) is 27.2. The molecule has 1 saturated heterocycles. The summed E-state index contributed by atoms with van der Waals surface area (Å²) in [5, 5.41) is 2.69. The first-order chi connectivity index (χ1) is 18.9. The number of carbonyl (C=O) groups excluding carboxylic acids is 2. The summed E-state index contributed by atoms with van der Waals surface area (Å²) < 4.78 is 74.1. The van der Waals surface area contributed by atoms with Crippen LogP contribution in [-0.2, 0) is 34.0 Å². The average Bonchev–Trinajstić information content (AvgIpc) is 3.27. The molecule has 8 nitrogen and oxygen atoms in total. The van der Waals surface area contributed by atoms with Gasteiger partial charge in [-0.1, -0.05) is 35.3 Å². The third kappa shape index (κ3) is 8.97. The van der Waals surface area contributed by atoms with E-state index in [0.717, 1.165) is 6.07 Å². The minimum Gasteiger partial charge on any atom is -0.444 e. The Balaban J connectivity index is 1.88. The molecule has 3 rings (SSSR count). The number of sulfonamides is 1. The molecule has 0 saturated carbocycles. The van der Waals surface area contributed by atoms with Gasteiger partial charge in [-0.3, -0.25) is 9.69 Å². The van der Waals surface area contributed by atoms with Crippen LogP contribution < -0.4 is 5.32 Å². The van der Waals surface area contributed by atoms with Crippen LogP contribution in [0.15, 0.2) is 36.4 Å². The Morgan fingerprint density at radius 2 is 1.83 bits per heavy atom. The predicted molar refractivity (Wildman–Crippen MR) is 150 cm³/mol. The molecule has 0 aliphatic carbocycles. The van der Waals surface area contributed by atoms with Gasteiger partial charge in [0, 0.05) is 41.3 Å². The smallest absolute Gasteiger partial charge is 0.416 e. The first kappa shape index (κ1) is 33.0. The number of rotatable bonds is 8. The SMILES string of the molecule is CCS(=O)(=O)N(Cc1cccc(Cl)c1)C(=O)c1cc(Cl)c(CN2CCC(NC(=O)OC(C)(C)C)C2)c(C(F)(F)F)c1. The van der Waals surface area contributed by atoms with Crippen LogP contribution in [0.3, 0.4) is 0 Å². The van der Waals surface area contributed by atoms with E-state index in [4.69, 9.17) is 27.9 Å². The Hall–Kier alpha value is -2.54. The molecule has 1 fully saturated rings. The Morgan fingerprint density at radius 3 is 2.41 bits per heavy atom. The van der Waals surface area contributed by atoms with Gasteiger partial charge >= 0.3 is 12.3 Å². The monoisotopic (exact) mass is 637 g/mol. The molecule has 2 aromatic rings. The standard InChI is InChI=1S/C27H32Cl2F3N3O5S/c1-5-41(38,39)35(14-17-7-6-8-19(28)11-17)24(36)18-12-22(27(30,31)32)21(23(29)13-18)16-34-10-9-20(15-34)33-25(37)40-26(2,3)4/h6-8,11-13,20H,5,9-10,14-16H2,1-4H3,(H,33,37). The third-order valence-electron chi connectivity index (χ3n) is 6.27. The second kappa shape index (κ2) is 12.8. The van der Waals surface area contributed by atoms with Crippen molar-refractivity contribution in [2.24, 2.45) is 0 Å². The number of hydrogen-bond acceptors (Lipinski definition) is 6. The highest BCUT2D eigenvalue weighted by Crippen LogP contribution is 2.38. The topological polar surface area (TPSA) is 96.0 Å². The van der Waals surface area contributed by atoms with Crippen molar-refractivity contribution in [3.63, 3.8) is 0 Å². The summed E-state index contributed by atoms with van der Waals surface area (Å²) in [5.41, 5.74) is -2.24. The summed E-state index contributed by atoms with van der Waals surface area (Å²) in [6.45, 7) is 6.51. The van der Waals surface area contributed by atoms with Crippen LogP contribution in [-0.4, -0.2) is 60.1 Å². The quantitative estimate of drug-likeness (QED) is 0.376. The first-order valence-electron chi connectivity index (χ1n) is 12.8. The molecule has 1 N–H and O–H groups in total. The Morgan fingerprint density at radius 1 is 1.15 bits per heavy atom. The van der Waals surface area contributed by atoms with E-state index in [1.165, 1.54) is 13.0 Å². The molecular weight excluding hydrogens is 606 g/mol. The molecule has 1 atom stereocenters. The molecule has 1 heterocycles. The van der Waals surface area contributed by atoms with E-state index in [1.54, 1.807) is 43.9 Å². The summed E-state index contributed by atoms with van der Waals surface area (Å²) in [5.74, 6) is -1.60. The zero-order valence-corrected chi connectivity index (χ0v) is 25.3. The van der Waals surface area contributed by atoms with E-state index in [-0.39, 0.29) is 29.7 Å². The van der Waals surface area contributed by atoms with Crippen molar-refractivity contribution in [2.75, 3.05) is 18.8 Å². The molecule has 0 spiro atoms. The molecule has 2 amide bonds. The van der Waals surface area contributed by atoms with Crippen LogP contribution in [0, 0.1) is 0 Å². The Labute approximate surface area is 247 Å². The molecule has 0 bridgehead atoms. The summed E-state index contributed by atoms with van der Waals surface area (Å²) in [6, 6.07) is 7.50. The number of carbonyl (C=O) groups is 2.